The highest BCUT2D eigenvalue weighted by atomic mass is 35.5. The van der Waals surface area contributed by atoms with Crippen LogP contribution in [0.3, 0.4) is 0 Å². The lowest BCUT2D eigenvalue weighted by Gasteiger charge is -2.18. The van der Waals surface area contributed by atoms with E-state index in [4.69, 9.17) is 28.2 Å². The molecule has 1 aliphatic rings. The average molecular weight is 564 g/mol. The molecule has 0 aliphatic carbocycles. The minimum absolute atomic E-state index is 0.00976. The topological polar surface area (TPSA) is 114 Å². The number of aromatic nitrogens is 1. The van der Waals surface area contributed by atoms with E-state index in [0.717, 1.165) is 37.0 Å². The number of rotatable bonds is 6. The predicted molar refractivity (Wildman–Crippen MR) is 157 cm³/mol. The van der Waals surface area contributed by atoms with Gasteiger partial charge >= 0.3 is 0 Å². The number of benzene rings is 3. The molecule has 1 aliphatic heterocycles. The molecule has 9 nitrogen and oxygen atoms in total. The minimum atomic E-state index is -0.573. The Kier molecular flexibility index (Phi) is 7.49. The molecule has 0 radical (unpaired) electrons. The summed E-state index contributed by atoms with van der Waals surface area (Å²) in [6.45, 7) is 5.74. The zero-order valence-corrected chi connectivity index (χ0v) is 22.9. The van der Waals surface area contributed by atoms with Crippen molar-refractivity contribution in [3.05, 3.63) is 80.9 Å². The molecule has 0 bridgehead atoms. The van der Waals surface area contributed by atoms with Crippen molar-refractivity contribution in [1.82, 2.24) is 10.3 Å². The SMILES string of the molecule is CC(C)c1ccc2oc(-c3ccc(Cl)c(NC(=S)NC(=O)c4ccc(N5CCCC5)c([N+](=O)[O-])c4)c3)nc2c1. The Balaban J connectivity index is 1.32. The number of thiocarbonyl (C=S) groups is 1. The molecule has 0 spiro atoms. The van der Waals surface area contributed by atoms with Crippen LogP contribution in [-0.4, -0.2) is 34.0 Å². The summed E-state index contributed by atoms with van der Waals surface area (Å²) >= 11 is 11.7. The molecular weight excluding hydrogens is 538 g/mol. The predicted octanol–water partition coefficient (Wildman–Crippen LogP) is 6.91. The van der Waals surface area contributed by atoms with Crippen LogP contribution in [0.5, 0.6) is 0 Å². The summed E-state index contributed by atoms with van der Waals surface area (Å²) < 4.78 is 5.95. The molecule has 0 atom stereocenters. The van der Waals surface area contributed by atoms with E-state index in [-0.39, 0.29) is 16.4 Å². The van der Waals surface area contributed by atoms with Gasteiger partial charge in [0.15, 0.2) is 10.7 Å². The fraction of sp³-hybridized carbons (Fsp3) is 0.250. The molecule has 1 fully saturated rings. The van der Waals surface area contributed by atoms with Gasteiger partial charge in [0.05, 0.1) is 15.6 Å². The van der Waals surface area contributed by atoms with Crippen LogP contribution in [0.1, 0.15) is 48.5 Å². The zero-order chi connectivity index (χ0) is 27.7. The molecule has 1 amide bonds. The molecule has 1 aromatic heterocycles. The normalized spacial score (nSPS) is 13.2. The Morgan fingerprint density at radius 3 is 2.62 bits per heavy atom. The summed E-state index contributed by atoms with van der Waals surface area (Å²) in [5.41, 5.74) is 4.24. The highest BCUT2D eigenvalue weighted by Crippen LogP contribution is 2.33. The number of halogens is 1. The van der Waals surface area contributed by atoms with Crippen molar-refractivity contribution in [2.24, 2.45) is 0 Å². The number of hydrogen-bond acceptors (Lipinski definition) is 7. The Morgan fingerprint density at radius 2 is 1.90 bits per heavy atom. The number of oxazole rings is 1. The first-order valence-electron chi connectivity index (χ1n) is 12.6. The summed E-state index contributed by atoms with van der Waals surface area (Å²) in [6, 6.07) is 15.6. The van der Waals surface area contributed by atoms with Crippen molar-refractivity contribution in [1.29, 1.82) is 0 Å². The Bertz CT molecular complexity index is 1600. The molecule has 4 aromatic rings. The van der Waals surface area contributed by atoms with Crippen molar-refractivity contribution in [3.63, 3.8) is 0 Å². The van der Waals surface area contributed by atoms with E-state index in [0.29, 0.717) is 39.4 Å². The second kappa shape index (κ2) is 11.0. The van der Waals surface area contributed by atoms with Gasteiger partial charge in [-0.1, -0.05) is 31.5 Å². The fourth-order valence-electron chi connectivity index (χ4n) is 4.55. The van der Waals surface area contributed by atoms with Gasteiger partial charge in [-0.25, -0.2) is 4.98 Å². The third-order valence-corrected chi connectivity index (χ3v) is 7.18. The average Bonchev–Trinajstić information content (AvgIpc) is 3.59. The molecule has 2 N–H and O–H groups in total. The highest BCUT2D eigenvalue weighted by molar-refractivity contribution is 7.80. The lowest BCUT2D eigenvalue weighted by Crippen LogP contribution is -2.34. The number of anilines is 2. The van der Waals surface area contributed by atoms with Gasteiger partial charge in [-0.2, -0.15) is 0 Å². The second-order valence-electron chi connectivity index (χ2n) is 9.66. The molecule has 200 valence electrons. The standard InChI is InChI=1S/C28H26ClN5O4S/c1-16(2)17-7-10-25-22(13-17)30-27(38-25)19-5-8-20(29)21(14-19)31-28(39)32-26(35)18-6-9-23(24(15-18)34(36)37)33-11-3-4-12-33/h5-10,13-16H,3-4,11-12H2,1-2H3,(H2,31,32,35,39). The third-order valence-electron chi connectivity index (χ3n) is 6.65. The number of hydrogen-bond donors (Lipinski definition) is 2. The number of carbonyl (C=O) groups is 1. The Labute approximate surface area is 235 Å². The van der Waals surface area contributed by atoms with Gasteiger partial charge in [-0.15, -0.1) is 0 Å². The molecule has 0 unspecified atom stereocenters. The number of nitrogens with zero attached hydrogens (tertiary/aromatic N) is 3. The smallest absolute Gasteiger partial charge is 0.293 e. The van der Waals surface area contributed by atoms with Crippen LogP contribution in [0.25, 0.3) is 22.6 Å². The van der Waals surface area contributed by atoms with Crippen molar-refractivity contribution in [2.75, 3.05) is 23.3 Å². The molecule has 1 saturated heterocycles. The minimum Gasteiger partial charge on any atom is -0.436 e. The van der Waals surface area contributed by atoms with Crippen molar-refractivity contribution in [2.45, 2.75) is 32.6 Å². The van der Waals surface area contributed by atoms with Crippen molar-refractivity contribution in [3.8, 4) is 11.5 Å². The van der Waals surface area contributed by atoms with E-state index in [2.05, 4.69) is 29.5 Å². The first-order valence-corrected chi connectivity index (χ1v) is 13.3. The van der Waals surface area contributed by atoms with Crippen LogP contribution in [0.4, 0.5) is 17.1 Å². The fourth-order valence-corrected chi connectivity index (χ4v) is 4.91. The van der Waals surface area contributed by atoms with E-state index in [1.807, 2.05) is 23.1 Å². The van der Waals surface area contributed by atoms with Gasteiger partial charge in [-0.05, 0) is 79.0 Å². The van der Waals surface area contributed by atoms with Crippen LogP contribution >= 0.6 is 23.8 Å². The Hall–Kier alpha value is -4.02. The van der Waals surface area contributed by atoms with Crippen LogP contribution < -0.4 is 15.5 Å². The molecule has 2 heterocycles. The lowest BCUT2D eigenvalue weighted by atomic mass is 10.0. The van der Waals surface area contributed by atoms with E-state index < -0.39 is 10.8 Å². The summed E-state index contributed by atoms with van der Waals surface area (Å²) in [5.74, 6) is 0.216. The summed E-state index contributed by atoms with van der Waals surface area (Å²) in [5, 5.41) is 17.6. The van der Waals surface area contributed by atoms with Gasteiger partial charge in [0, 0.05) is 30.3 Å². The second-order valence-corrected chi connectivity index (χ2v) is 10.5. The van der Waals surface area contributed by atoms with E-state index in [1.165, 1.54) is 6.07 Å². The molecular formula is C28H26ClN5O4S. The summed E-state index contributed by atoms with van der Waals surface area (Å²) in [7, 11) is 0. The number of nitrogens with one attached hydrogen (secondary N) is 2. The first-order chi connectivity index (χ1) is 18.7. The molecule has 3 aromatic carbocycles. The molecule has 39 heavy (non-hydrogen) atoms. The number of nitro groups is 1. The maximum absolute atomic E-state index is 12.9. The van der Waals surface area contributed by atoms with Gasteiger partial charge < -0.3 is 14.6 Å². The maximum atomic E-state index is 12.9. The zero-order valence-electron chi connectivity index (χ0n) is 21.4. The largest absolute Gasteiger partial charge is 0.436 e. The molecule has 0 saturated carbocycles. The monoisotopic (exact) mass is 563 g/mol. The number of amides is 1. The summed E-state index contributed by atoms with van der Waals surface area (Å²) in [6.07, 6.45) is 1.96. The van der Waals surface area contributed by atoms with Gasteiger partial charge in [0.2, 0.25) is 5.89 Å². The van der Waals surface area contributed by atoms with Gasteiger partial charge in [0.1, 0.15) is 11.2 Å². The maximum Gasteiger partial charge on any atom is 0.293 e. The molecule has 11 heteroatoms. The van der Waals surface area contributed by atoms with E-state index >= 15 is 0 Å². The molecule has 5 rings (SSSR count). The van der Waals surface area contributed by atoms with Gasteiger partial charge in [0.25, 0.3) is 11.6 Å². The van der Waals surface area contributed by atoms with Crippen LogP contribution in [0, 0.1) is 10.1 Å². The van der Waals surface area contributed by atoms with Crippen LogP contribution in [0.15, 0.2) is 59.0 Å². The van der Waals surface area contributed by atoms with Gasteiger partial charge in [-0.3, -0.25) is 20.2 Å². The van der Waals surface area contributed by atoms with Crippen molar-refractivity contribution < 1.29 is 14.1 Å². The lowest BCUT2D eigenvalue weighted by molar-refractivity contribution is -0.384. The number of fused-ring (bicyclic) bond motifs is 1. The summed E-state index contributed by atoms with van der Waals surface area (Å²) in [4.78, 5) is 30.7. The quantitative estimate of drug-likeness (QED) is 0.148. The van der Waals surface area contributed by atoms with Crippen LogP contribution in [0.2, 0.25) is 5.02 Å². The van der Waals surface area contributed by atoms with E-state index in [9.17, 15) is 14.9 Å². The first kappa shape index (κ1) is 26.6. The highest BCUT2D eigenvalue weighted by Gasteiger charge is 2.24. The van der Waals surface area contributed by atoms with Crippen LogP contribution in [-0.2, 0) is 0 Å². The number of carbonyl (C=O) groups excluding carboxylic acids is 1. The number of nitro benzene ring substituents is 1. The third kappa shape index (κ3) is 5.71. The van der Waals surface area contributed by atoms with E-state index in [1.54, 1.807) is 30.3 Å². The van der Waals surface area contributed by atoms with Crippen molar-refractivity contribution >= 4 is 63.0 Å². The Morgan fingerprint density at radius 1 is 1.13 bits per heavy atom.